The quantitative estimate of drug-likeness (QED) is 0.653. The van der Waals surface area contributed by atoms with Gasteiger partial charge >= 0.3 is 0 Å². The third kappa shape index (κ3) is 4.04. The SMILES string of the molecule is Cc1ccc(C)c(COc2ccc(/C=C3/SC(=S)NC3=O)cc2)c1. The van der Waals surface area contributed by atoms with E-state index < -0.39 is 0 Å². The van der Waals surface area contributed by atoms with Crippen molar-refractivity contribution in [2.75, 3.05) is 0 Å². The lowest BCUT2D eigenvalue weighted by molar-refractivity contribution is -0.115. The third-order valence-electron chi connectivity index (χ3n) is 3.72. The Morgan fingerprint density at radius 1 is 1.17 bits per heavy atom. The molecule has 0 spiro atoms. The number of hydrogen-bond acceptors (Lipinski definition) is 4. The number of amides is 1. The molecule has 3 rings (SSSR count). The number of ether oxygens (including phenoxy) is 1. The first-order valence-corrected chi connectivity index (χ1v) is 8.77. The van der Waals surface area contributed by atoms with Gasteiger partial charge in [-0.25, -0.2) is 0 Å². The van der Waals surface area contributed by atoms with Crippen LogP contribution < -0.4 is 10.1 Å². The van der Waals surface area contributed by atoms with Gasteiger partial charge in [0, 0.05) is 0 Å². The zero-order valence-electron chi connectivity index (χ0n) is 13.5. The summed E-state index contributed by atoms with van der Waals surface area (Å²) in [5, 5.41) is 2.61. The molecule has 0 aromatic heterocycles. The molecule has 5 heteroatoms. The molecule has 1 saturated heterocycles. The molecule has 1 aliphatic heterocycles. The van der Waals surface area contributed by atoms with E-state index in [4.69, 9.17) is 17.0 Å². The van der Waals surface area contributed by atoms with Crippen molar-refractivity contribution in [3.8, 4) is 5.75 Å². The van der Waals surface area contributed by atoms with Gasteiger partial charge in [0.05, 0.1) is 4.91 Å². The molecule has 3 nitrogen and oxygen atoms in total. The number of aryl methyl sites for hydroxylation is 2. The molecule has 0 bridgehead atoms. The highest BCUT2D eigenvalue weighted by atomic mass is 32.2. The van der Waals surface area contributed by atoms with Gasteiger partial charge in [0.2, 0.25) is 0 Å². The fraction of sp³-hybridized carbons (Fsp3) is 0.158. The maximum absolute atomic E-state index is 11.7. The molecule has 0 unspecified atom stereocenters. The van der Waals surface area contributed by atoms with Crippen molar-refractivity contribution in [2.45, 2.75) is 20.5 Å². The number of rotatable bonds is 4. The largest absolute Gasteiger partial charge is 0.489 e. The summed E-state index contributed by atoms with van der Waals surface area (Å²) in [6.07, 6.45) is 1.83. The number of nitrogens with one attached hydrogen (secondary N) is 1. The van der Waals surface area contributed by atoms with Gasteiger partial charge in [-0.1, -0.05) is 59.9 Å². The predicted octanol–water partition coefficient (Wildman–Crippen LogP) is 4.37. The normalized spacial score (nSPS) is 15.7. The van der Waals surface area contributed by atoms with Crippen molar-refractivity contribution in [1.82, 2.24) is 5.32 Å². The molecular weight excluding hydrogens is 338 g/mol. The third-order valence-corrected chi connectivity index (χ3v) is 4.88. The van der Waals surface area contributed by atoms with E-state index in [0.717, 1.165) is 11.3 Å². The van der Waals surface area contributed by atoms with E-state index in [1.165, 1.54) is 28.5 Å². The zero-order valence-corrected chi connectivity index (χ0v) is 15.1. The lowest BCUT2D eigenvalue weighted by atomic mass is 10.1. The van der Waals surface area contributed by atoms with Crippen LogP contribution in [0.3, 0.4) is 0 Å². The number of carbonyl (C=O) groups excluding carboxylic acids is 1. The Bertz CT molecular complexity index is 826. The Morgan fingerprint density at radius 2 is 1.92 bits per heavy atom. The van der Waals surface area contributed by atoms with Gasteiger partial charge in [-0.2, -0.15) is 0 Å². The second-order valence-corrected chi connectivity index (χ2v) is 7.36. The van der Waals surface area contributed by atoms with Crippen molar-refractivity contribution in [3.05, 3.63) is 69.6 Å². The van der Waals surface area contributed by atoms with Gasteiger partial charge in [0.25, 0.3) is 5.91 Å². The van der Waals surface area contributed by atoms with Crippen LogP contribution >= 0.6 is 24.0 Å². The second kappa shape index (κ2) is 7.20. The first kappa shape index (κ1) is 16.7. The van der Waals surface area contributed by atoms with Crippen LogP contribution in [0.15, 0.2) is 47.4 Å². The topological polar surface area (TPSA) is 38.3 Å². The van der Waals surface area contributed by atoms with Gasteiger partial charge in [0.15, 0.2) is 0 Å². The van der Waals surface area contributed by atoms with E-state index in [0.29, 0.717) is 15.8 Å². The second-order valence-electron chi connectivity index (χ2n) is 5.64. The van der Waals surface area contributed by atoms with E-state index in [2.05, 4.69) is 37.4 Å². The zero-order chi connectivity index (χ0) is 17.1. The van der Waals surface area contributed by atoms with Crippen molar-refractivity contribution in [1.29, 1.82) is 0 Å². The highest BCUT2D eigenvalue weighted by Gasteiger charge is 2.21. The molecule has 0 radical (unpaired) electrons. The predicted molar refractivity (Wildman–Crippen MR) is 103 cm³/mol. The van der Waals surface area contributed by atoms with Crippen LogP contribution in [0.1, 0.15) is 22.3 Å². The van der Waals surface area contributed by atoms with Crippen LogP contribution in [0.5, 0.6) is 5.75 Å². The molecule has 0 atom stereocenters. The highest BCUT2D eigenvalue weighted by molar-refractivity contribution is 8.26. The van der Waals surface area contributed by atoms with Crippen molar-refractivity contribution >= 4 is 40.3 Å². The summed E-state index contributed by atoms with van der Waals surface area (Å²) < 4.78 is 6.36. The number of benzene rings is 2. The summed E-state index contributed by atoms with van der Waals surface area (Å²) in [4.78, 5) is 12.3. The van der Waals surface area contributed by atoms with Crippen LogP contribution in [-0.2, 0) is 11.4 Å². The van der Waals surface area contributed by atoms with Crippen LogP contribution in [0.25, 0.3) is 6.08 Å². The number of carbonyl (C=O) groups is 1. The summed E-state index contributed by atoms with van der Waals surface area (Å²) in [5.74, 6) is 0.664. The number of thiocarbonyl (C=S) groups is 1. The minimum absolute atomic E-state index is 0.139. The molecule has 2 aromatic carbocycles. The maximum atomic E-state index is 11.7. The van der Waals surface area contributed by atoms with Crippen molar-refractivity contribution in [3.63, 3.8) is 0 Å². The molecule has 0 saturated carbocycles. The average Bonchev–Trinajstić information content (AvgIpc) is 2.87. The number of thioether (sulfide) groups is 1. The van der Waals surface area contributed by atoms with Gasteiger partial charge < -0.3 is 10.1 Å². The smallest absolute Gasteiger partial charge is 0.263 e. The lowest BCUT2D eigenvalue weighted by Crippen LogP contribution is -2.17. The Labute approximate surface area is 151 Å². The first-order valence-electron chi connectivity index (χ1n) is 7.55. The Morgan fingerprint density at radius 3 is 2.58 bits per heavy atom. The molecule has 1 amide bonds. The standard InChI is InChI=1S/C19H17NO2S2/c1-12-3-4-13(2)15(9-12)11-22-16-7-5-14(6-8-16)10-17-18(21)20-19(23)24-17/h3-10H,11H2,1-2H3,(H,20,21,23)/b17-10+. The summed E-state index contributed by atoms with van der Waals surface area (Å²) >= 11 is 6.26. The van der Waals surface area contributed by atoms with Gasteiger partial charge in [-0.05, 0) is 48.7 Å². The van der Waals surface area contributed by atoms with Crippen LogP contribution in [0.2, 0.25) is 0 Å². The molecule has 1 fully saturated rings. The molecular formula is C19H17NO2S2. The molecule has 0 aliphatic carbocycles. The van der Waals surface area contributed by atoms with Gasteiger partial charge in [-0.15, -0.1) is 0 Å². The summed E-state index contributed by atoms with van der Waals surface area (Å²) in [7, 11) is 0. The maximum Gasteiger partial charge on any atom is 0.263 e. The monoisotopic (exact) mass is 355 g/mol. The van der Waals surface area contributed by atoms with E-state index >= 15 is 0 Å². The molecule has 1 aliphatic rings. The van der Waals surface area contributed by atoms with E-state index in [-0.39, 0.29) is 5.91 Å². The minimum Gasteiger partial charge on any atom is -0.489 e. The average molecular weight is 355 g/mol. The molecule has 1 heterocycles. The first-order chi connectivity index (χ1) is 11.5. The Hall–Kier alpha value is -2.11. The minimum atomic E-state index is -0.139. The molecule has 1 N–H and O–H groups in total. The van der Waals surface area contributed by atoms with Gasteiger partial charge in [-0.3, -0.25) is 4.79 Å². The van der Waals surface area contributed by atoms with Crippen LogP contribution in [0.4, 0.5) is 0 Å². The fourth-order valence-electron chi connectivity index (χ4n) is 2.35. The summed E-state index contributed by atoms with van der Waals surface area (Å²) in [6.45, 7) is 4.71. The van der Waals surface area contributed by atoms with Crippen molar-refractivity contribution in [2.24, 2.45) is 0 Å². The van der Waals surface area contributed by atoms with Crippen molar-refractivity contribution < 1.29 is 9.53 Å². The molecule has 122 valence electrons. The summed E-state index contributed by atoms with van der Waals surface area (Å²) in [6, 6.07) is 14.0. The fourth-order valence-corrected chi connectivity index (χ4v) is 3.39. The van der Waals surface area contributed by atoms with Crippen LogP contribution in [0, 0.1) is 13.8 Å². The number of hydrogen-bond donors (Lipinski definition) is 1. The summed E-state index contributed by atoms with van der Waals surface area (Å²) in [5.41, 5.74) is 4.58. The highest BCUT2D eigenvalue weighted by Crippen LogP contribution is 2.26. The Kier molecular flexibility index (Phi) is 5.02. The van der Waals surface area contributed by atoms with E-state index in [9.17, 15) is 4.79 Å². The van der Waals surface area contributed by atoms with Crippen LogP contribution in [-0.4, -0.2) is 10.2 Å². The molecule has 24 heavy (non-hydrogen) atoms. The molecule has 2 aromatic rings. The Balaban J connectivity index is 1.67. The lowest BCUT2D eigenvalue weighted by Gasteiger charge is -2.10. The van der Waals surface area contributed by atoms with Gasteiger partial charge in [0.1, 0.15) is 16.7 Å². The van der Waals surface area contributed by atoms with E-state index in [1.807, 2.05) is 30.3 Å². The van der Waals surface area contributed by atoms with E-state index in [1.54, 1.807) is 0 Å².